The zero-order chi connectivity index (χ0) is 21.4. The maximum absolute atomic E-state index is 5.41. The number of aryl methyl sites for hydroxylation is 1. The molecule has 30 heavy (non-hydrogen) atoms. The zero-order valence-corrected chi connectivity index (χ0v) is 18.7. The predicted molar refractivity (Wildman–Crippen MR) is 123 cm³/mol. The summed E-state index contributed by atoms with van der Waals surface area (Å²) < 4.78 is 7.49. The summed E-state index contributed by atoms with van der Waals surface area (Å²) in [7, 11) is 2.12. The summed E-state index contributed by atoms with van der Waals surface area (Å²) in [6.45, 7) is 9.78. The minimum absolute atomic E-state index is 0.757. The number of rotatable bonds is 14. The highest BCUT2D eigenvalue weighted by Crippen LogP contribution is 2.10. The van der Waals surface area contributed by atoms with Crippen molar-refractivity contribution in [2.24, 2.45) is 4.99 Å². The number of aromatic nitrogens is 3. The van der Waals surface area contributed by atoms with Crippen molar-refractivity contribution in [3.63, 3.8) is 0 Å². The Morgan fingerprint density at radius 2 is 1.93 bits per heavy atom. The standard InChI is InChI=1S/C22H37N7O/c1-4-21-27-26-19-29(21)17-15-25-22(24-14-10-18-30-5-2)23-13-9-16-28(3)20-11-7-6-8-12-20/h6-8,11-12,19H,4-5,9-10,13-18H2,1-3H3,(H2,23,24,25). The summed E-state index contributed by atoms with van der Waals surface area (Å²) >= 11 is 0. The first-order chi connectivity index (χ1) is 14.7. The minimum Gasteiger partial charge on any atom is -0.382 e. The number of hydrogen-bond acceptors (Lipinski definition) is 5. The average Bonchev–Trinajstić information content (AvgIpc) is 3.24. The molecule has 0 radical (unpaired) electrons. The van der Waals surface area contributed by atoms with Gasteiger partial charge in [-0.05, 0) is 31.9 Å². The number of ether oxygens (including phenoxy) is 1. The number of nitrogens with zero attached hydrogens (tertiary/aromatic N) is 5. The van der Waals surface area contributed by atoms with Crippen molar-refractivity contribution in [1.29, 1.82) is 0 Å². The highest BCUT2D eigenvalue weighted by Gasteiger charge is 2.03. The lowest BCUT2D eigenvalue weighted by Crippen LogP contribution is -2.40. The van der Waals surface area contributed by atoms with E-state index in [1.165, 1.54) is 5.69 Å². The molecule has 2 aromatic rings. The highest BCUT2D eigenvalue weighted by atomic mass is 16.5. The van der Waals surface area contributed by atoms with Gasteiger partial charge in [0, 0.05) is 65.1 Å². The van der Waals surface area contributed by atoms with Crippen molar-refractivity contribution in [2.75, 3.05) is 51.3 Å². The molecule has 1 aromatic carbocycles. The van der Waals surface area contributed by atoms with Gasteiger partial charge in [0.25, 0.3) is 0 Å². The summed E-state index contributed by atoms with van der Waals surface area (Å²) in [4.78, 5) is 7.02. The fourth-order valence-electron chi connectivity index (χ4n) is 3.04. The second kappa shape index (κ2) is 14.4. The third-order valence-electron chi connectivity index (χ3n) is 4.74. The number of benzene rings is 1. The maximum Gasteiger partial charge on any atom is 0.191 e. The molecule has 0 unspecified atom stereocenters. The van der Waals surface area contributed by atoms with Crippen LogP contribution in [0.15, 0.2) is 41.7 Å². The van der Waals surface area contributed by atoms with Crippen LogP contribution in [0.2, 0.25) is 0 Å². The van der Waals surface area contributed by atoms with Crippen LogP contribution < -0.4 is 15.5 Å². The van der Waals surface area contributed by atoms with E-state index < -0.39 is 0 Å². The fourth-order valence-corrected chi connectivity index (χ4v) is 3.04. The highest BCUT2D eigenvalue weighted by molar-refractivity contribution is 5.79. The first-order valence-corrected chi connectivity index (χ1v) is 11.0. The van der Waals surface area contributed by atoms with Crippen LogP contribution >= 0.6 is 0 Å². The monoisotopic (exact) mass is 415 g/mol. The predicted octanol–water partition coefficient (Wildman–Crippen LogP) is 2.33. The fraction of sp³-hybridized carbons (Fsp3) is 0.591. The molecule has 0 atom stereocenters. The SMILES string of the molecule is CCOCCCNC(=NCCCN(C)c1ccccc1)NCCn1cnnc1CC. The minimum atomic E-state index is 0.757. The molecule has 8 heteroatoms. The molecule has 0 fully saturated rings. The maximum atomic E-state index is 5.41. The Morgan fingerprint density at radius 1 is 1.13 bits per heavy atom. The van der Waals surface area contributed by atoms with Gasteiger partial charge in [-0.15, -0.1) is 10.2 Å². The Bertz CT molecular complexity index is 717. The Kier molecular flexibility index (Phi) is 11.3. The summed E-state index contributed by atoms with van der Waals surface area (Å²) in [5.74, 6) is 1.85. The molecule has 0 spiro atoms. The van der Waals surface area contributed by atoms with Crippen LogP contribution in [0, 0.1) is 0 Å². The van der Waals surface area contributed by atoms with Crippen molar-refractivity contribution in [3.05, 3.63) is 42.5 Å². The Morgan fingerprint density at radius 3 is 2.70 bits per heavy atom. The molecule has 166 valence electrons. The third kappa shape index (κ3) is 8.82. The van der Waals surface area contributed by atoms with Crippen LogP contribution in [0.3, 0.4) is 0 Å². The first-order valence-electron chi connectivity index (χ1n) is 11.0. The molecule has 0 amide bonds. The van der Waals surface area contributed by atoms with Crippen LogP contribution in [0.1, 0.15) is 32.5 Å². The van der Waals surface area contributed by atoms with E-state index in [0.29, 0.717) is 0 Å². The van der Waals surface area contributed by atoms with Gasteiger partial charge in [0.1, 0.15) is 12.2 Å². The average molecular weight is 416 g/mol. The Labute approximate surface area is 180 Å². The first kappa shape index (κ1) is 23.7. The van der Waals surface area contributed by atoms with Gasteiger partial charge in [0.05, 0.1) is 0 Å². The van der Waals surface area contributed by atoms with E-state index in [4.69, 9.17) is 9.73 Å². The van der Waals surface area contributed by atoms with Crippen molar-refractivity contribution in [1.82, 2.24) is 25.4 Å². The van der Waals surface area contributed by atoms with E-state index in [-0.39, 0.29) is 0 Å². The normalized spacial score (nSPS) is 11.5. The molecule has 0 aliphatic rings. The molecule has 2 rings (SSSR count). The number of nitrogens with one attached hydrogen (secondary N) is 2. The van der Waals surface area contributed by atoms with Gasteiger partial charge in [0.15, 0.2) is 5.96 Å². The second-order valence-electron chi connectivity index (χ2n) is 7.04. The molecule has 0 saturated heterocycles. The van der Waals surface area contributed by atoms with E-state index in [1.54, 1.807) is 6.33 Å². The van der Waals surface area contributed by atoms with Crippen LogP contribution in [-0.2, 0) is 17.7 Å². The second-order valence-corrected chi connectivity index (χ2v) is 7.04. The number of hydrogen-bond donors (Lipinski definition) is 2. The van der Waals surface area contributed by atoms with E-state index in [2.05, 4.69) is 68.5 Å². The third-order valence-corrected chi connectivity index (χ3v) is 4.74. The van der Waals surface area contributed by atoms with Crippen molar-refractivity contribution in [3.8, 4) is 0 Å². The summed E-state index contributed by atoms with van der Waals surface area (Å²) in [5.41, 5.74) is 1.23. The van der Waals surface area contributed by atoms with E-state index in [0.717, 1.165) is 77.0 Å². The molecular weight excluding hydrogens is 378 g/mol. The lowest BCUT2D eigenvalue weighted by Gasteiger charge is -2.19. The molecule has 1 aromatic heterocycles. The topological polar surface area (TPSA) is 79.6 Å². The lowest BCUT2D eigenvalue weighted by molar-refractivity contribution is 0.145. The quantitative estimate of drug-likeness (QED) is 0.280. The molecule has 0 aliphatic heterocycles. The molecule has 0 saturated carbocycles. The lowest BCUT2D eigenvalue weighted by atomic mass is 10.3. The van der Waals surface area contributed by atoms with Crippen molar-refractivity contribution >= 4 is 11.6 Å². The van der Waals surface area contributed by atoms with Gasteiger partial charge in [-0.1, -0.05) is 25.1 Å². The number of guanidine groups is 1. The van der Waals surface area contributed by atoms with Gasteiger partial charge in [0.2, 0.25) is 0 Å². The summed E-state index contributed by atoms with van der Waals surface area (Å²) in [5, 5.41) is 15.0. The molecule has 0 aliphatic carbocycles. The van der Waals surface area contributed by atoms with Crippen LogP contribution in [-0.4, -0.2) is 67.2 Å². The van der Waals surface area contributed by atoms with E-state index in [9.17, 15) is 0 Å². The van der Waals surface area contributed by atoms with Gasteiger partial charge < -0.3 is 24.8 Å². The smallest absolute Gasteiger partial charge is 0.191 e. The van der Waals surface area contributed by atoms with Gasteiger partial charge in [-0.3, -0.25) is 4.99 Å². The van der Waals surface area contributed by atoms with Crippen molar-refractivity contribution < 1.29 is 4.74 Å². The Hall–Kier alpha value is -2.61. The molecule has 2 N–H and O–H groups in total. The molecule has 0 bridgehead atoms. The van der Waals surface area contributed by atoms with Gasteiger partial charge >= 0.3 is 0 Å². The molecule has 8 nitrogen and oxygen atoms in total. The molecular formula is C22H37N7O. The van der Waals surface area contributed by atoms with Crippen LogP contribution in [0.25, 0.3) is 0 Å². The number of aliphatic imine (C=N–C) groups is 1. The Balaban J connectivity index is 1.78. The molecule has 1 heterocycles. The summed E-state index contributed by atoms with van der Waals surface area (Å²) in [6.07, 6.45) is 4.61. The number of para-hydroxylation sites is 1. The largest absolute Gasteiger partial charge is 0.382 e. The summed E-state index contributed by atoms with van der Waals surface area (Å²) in [6, 6.07) is 10.4. The van der Waals surface area contributed by atoms with Crippen LogP contribution in [0.5, 0.6) is 0 Å². The van der Waals surface area contributed by atoms with Gasteiger partial charge in [-0.25, -0.2) is 0 Å². The van der Waals surface area contributed by atoms with E-state index >= 15 is 0 Å². The number of anilines is 1. The van der Waals surface area contributed by atoms with E-state index in [1.807, 2.05) is 13.0 Å². The zero-order valence-electron chi connectivity index (χ0n) is 18.7. The van der Waals surface area contributed by atoms with Gasteiger partial charge in [-0.2, -0.15) is 0 Å². The van der Waals surface area contributed by atoms with Crippen LogP contribution in [0.4, 0.5) is 5.69 Å². The van der Waals surface area contributed by atoms with Crippen molar-refractivity contribution in [2.45, 2.75) is 39.7 Å².